The Morgan fingerprint density at radius 1 is 0.487 bits per heavy atom. The maximum atomic E-state index is 12.3. The summed E-state index contributed by atoms with van der Waals surface area (Å²) in [7, 11) is 0. The van der Waals surface area contributed by atoms with Gasteiger partial charge in [-0.05, 0) is 54.8 Å². The summed E-state index contributed by atoms with van der Waals surface area (Å²) in [5, 5.41) is 16.5. The van der Waals surface area contributed by atoms with Crippen LogP contribution in [0.2, 0.25) is 0 Å². The molecule has 7 aromatic rings. The van der Waals surface area contributed by atoms with Crippen molar-refractivity contribution in [1.29, 1.82) is 0 Å². The van der Waals surface area contributed by atoms with E-state index >= 15 is 0 Å². The first-order valence-electron chi connectivity index (χ1n) is 24.5. The summed E-state index contributed by atoms with van der Waals surface area (Å²) in [6.45, 7) is 5.29. The first-order valence-corrected chi connectivity index (χ1v) is 24.5. The van der Waals surface area contributed by atoms with E-state index in [1.807, 2.05) is 152 Å². The van der Waals surface area contributed by atoms with E-state index < -0.39 is 30.2 Å². The van der Waals surface area contributed by atoms with Gasteiger partial charge in [-0.2, -0.15) is 10.2 Å². The van der Waals surface area contributed by atoms with Crippen LogP contribution in [-0.4, -0.2) is 94.7 Å². The third-order valence-corrected chi connectivity index (χ3v) is 10.6. The summed E-state index contributed by atoms with van der Waals surface area (Å²) < 4.78 is 28.5. The summed E-state index contributed by atoms with van der Waals surface area (Å²) in [4.78, 5) is 81.2. The van der Waals surface area contributed by atoms with E-state index in [9.17, 15) is 33.6 Å². The van der Waals surface area contributed by atoms with Gasteiger partial charge in [0.25, 0.3) is 0 Å². The lowest BCUT2D eigenvalue weighted by Gasteiger charge is -2.11. The molecule has 76 heavy (non-hydrogen) atoms. The summed E-state index contributed by atoms with van der Waals surface area (Å²) in [5.41, 5.74) is 6.71. The van der Waals surface area contributed by atoms with Gasteiger partial charge in [-0.25, -0.2) is 28.5 Å². The zero-order valence-electron chi connectivity index (χ0n) is 42.3. The number of carbonyl (C=O) groups excluding carboxylic acids is 7. The predicted molar refractivity (Wildman–Crippen MR) is 281 cm³/mol. The molecule has 0 aliphatic heterocycles. The molecule has 0 saturated heterocycles. The van der Waals surface area contributed by atoms with Gasteiger partial charge in [0.05, 0.1) is 53.9 Å². The Morgan fingerprint density at radius 3 is 1.32 bits per heavy atom. The minimum atomic E-state index is -0.595. The highest BCUT2D eigenvalue weighted by atomic mass is 16.6. The van der Waals surface area contributed by atoms with E-state index in [4.69, 9.17) is 18.9 Å². The molecule has 0 unspecified atom stereocenters. The normalized spacial score (nSPS) is 10.2. The van der Waals surface area contributed by atoms with Gasteiger partial charge in [0.2, 0.25) is 0 Å². The lowest BCUT2D eigenvalue weighted by Crippen LogP contribution is -2.27. The predicted octanol–water partition coefficient (Wildman–Crippen LogP) is 8.50. The molecule has 0 spiro atoms. The first kappa shape index (κ1) is 57.5. The van der Waals surface area contributed by atoms with Crippen molar-refractivity contribution in [3.8, 4) is 11.4 Å². The number of alkyl carbamates (subject to hydrolysis) is 3. The van der Waals surface area contributed by atoms with Gasteiger partial charge in [0.1, 0.15) is 37.6 Å². The van der Waals surface area contributed by atoms with E-state index in [2.05, 4.69) is 30.9 Å². The van der Waals surface area contributed by atoms with Crippen molar-refractivity contribution in [3.05, 3.63) is 203 Å². The molecule has 0 aliphatic carbocycles. The molecule has 0 aliphatic rings. The van der Waals surface area contributed by atoms with E-state index in [1.54, 1.807) is 23.2 Å². The van der Waals surface area contributed by atoms with Crippen LogP contribution in [0.25, 0.3) is 11.4 Å². The number of ether oxygens (including phenoxy) is 5. The second kappa shape index (κ2) is 32.6. The Bertz CT molecular complexity index is 2880. The van der Waals surface area contributed by atoms with Crippen molar-refractivity contribution in [2.45, 2.75) is 59.4 Å². The molecule has 0 bridgehead atoms. The zero-order valence-corrected chi connectivity index (χ0v) is 42.3. The van der Waals surface area contributed by atoms with Crippen LogP contribution < -0.4 is 16.0 Å². The highest BCUT2D eigenvalue weighted by Crippen LogP contribution is 2.18. The molecule has 0 fully saturated rings. The third kappa shape index (κ3) is 20.3. The molecule has 19 nitrogen and oxygen atoms in total. The number of nitrogens with zero attached hydrogens (tertiary/aromatic N) is 4. The van der Waals surface area contributed by atoms with Crippen molar-refractivity contribution in [1.82, 2.24) is 35.5 Å². The van der Waals surface area contributed by atoms with E-state index in [-0.39, 0.29) is 58.2 Å². The van der Waals surface area contributed by atoms with Crippen LogP contribution in [0.4, 0.5) is 14.4 Å². The van der Waals surface area contributed by atoms with Gasteiger partial charge in [0, 0.05) is 38.9 Å². The monoisotopic (exact) mass is 1040 g/mol. The Morgan fingerprint density at radius 2 is 0.882 bits per heavy atom. The summed E-state index contributed by atoms with van der Waals surface area (Å²) in [6, 6.07) is 47.2. The summed E-state index contributed by atoms with van der Waals surface area (Å²) in [5.74, 6) is -1.26. The number of ketones is 1. The van der Waals surface area contributed by atoms with E-state index in [0.717, 1.165) is 40.0 Å². The lowest BCUT2D eigenvalue weighted by molar-refractivity contribution is -0.145. The summed E-state index contributed by atoms with van der Waals surface area (Å²) in [6.07, 6.45) is 2.85. The molecule has 0 saturated carbocycles. The number of hydrogen-bond donors (Lipinski definition) is 3. The highest BCUT2D eigenvalue weighted by Gasteiger charge is 2.20. The molecule has 2 heterocycles. The van der Waals surface area contributed by atoms with Crippen LogP contribution in [0.5, 0.6) is 0 Å². The number of aldehydes is 1. The van der Waals surface area contributed by atoms with Gasteiger partial charge >= 0.3 is 30.2 Å². The molecule has 0 radical (unpaired) electrons. The first-order chi connectivity index (χ1) is 37.1. The van der Waals surface area contributed by atoms with Gasteiger partial charge in [0.15, 0.2) is 6.29 Å². The topological polar surface area (TPSA) is 237 Å². The Hall–Kier alpha value is -9.39. The van der Waals surface area contributed by atoms with Crippen LogP contribution in [0.1, 0.15) is 75.5 Å². The van der Waals surface area contributed by atoms with E-state index in [0.29, 0.717) is 42.8 Å². The van der Waals surface area contributed by atoms with Crippen molar-refractivity contribution < 1.29 is 57.2 Å². The molecule has 2 aromatic heterocycles. The van der Waals surface area contributed by atoms with Crippen LogP contribution in [-0.2, 0) is 65.9 Å². The van der Waals surface area contributed by atoms with Gasteiger partial charge < -0.3 is 39.6 Å². The van der Waals surface area contributed by atoms with Gasteiger partial charge in [-0.3, -0.25) is 14.4 Å². The molecule has 19 heteroatoms. The Labute approximate surface area is 440 Å². The largest absolute Gasteiger partial charge is 0.466 e. The number of benzene rings is 5. The molecule has 0 atom stereocenters. The number of hydrogen-bond acceptors (Lipinski definition) is 14. The van der Waals surface area contributed by atoms with Crippen molar-refractivity contribution >= 4 is 42.3 Å². The fourth-order valence-corrected chi connectivity index (χ4v) is 6.97. The molecule has 5 aromatic carbocycles. The molecular weight excluding hydrogens is 975 g/mol. The van der Waals surface area contributed by atoms with Crippen molar-refractivity contribution in [2.75, 3.05) is 32.8 Å². The molecule has 3 amide bonds. The van der Waals surface area contributed by atoms with Crippen LogP contribution in [0.3, 0.4) is 0 Å². The van der Waals surface area contributed by atoms with E-state index in [1.165, 1.54) is 12.4 Å². The number of carbonyl (C=O) groups is 7. The molecule has 7 rings (SSSR count). The van der Waals surface area contributed by atoms with Gasteiger partial charge in [-0.15, -0.1) is 0 Å². The maximum Gasteiger partial charge on any atom is 0.407 e. The third-order valence-electron chi connectivity index (χ3n) is 10.6. The SMILES string of the molecule is CCOC(=O)CC(=O)CCNC(=O)OCc1ccccc1.CCOC(=O)c1cnn(-c2ccccc2)c1CCNC(=O)OCc1ccccc1.O=Cc1cnn(-c2ccccc2)c1CCNC(=O)OCc1ccccc1. The maximum absolute atomic E-state index is 12.3. The number of amides is 3. The minimum absolute atomic E-state index is 0.0687. The number of esters is 2. The number of rotatable bonds is 23. The second-order valence-electron chi connectivity index (χ2n) is 16.1. The minimum Gasteiger partial charge on any atom is -0.466 e. The Balaban J connectivity index is 0.000000214. The smallest absolute Gasteiger partial charge is 0.407 e. The summed E-state index contributed by atoms with van der Waals surface area (Å²) >= 11 is 0. The van der Waals surface area contributed by atoms with Crippen LogP contribution >= 0.6 is 0 Å². The Kier molecular flexibility index (Phi) is 24.7. The number of para-hydroxylation sites is 2. The fourth-order valence-electron chi connectivity index (χ4n) is 6.97. The number of nitrogens with one attached hydrogen (secondary N) is 3. The second-order valence-corrected chi connectivity index (χ2v) is 16.1. The standard InChI is InChI=1S/C22H23N3O4.C20H19N3O3.C15H19NO5/c1-2-28-21(26)19-15-24-25(18-11-7-4-8-12-18)20(19)13-14-23-22(27)29-16-17-9-5-3-6-10-17;24-14-17-13-22-23(18-9-5-2-6-10-18)19(17)11-12-21-20(25)26-15-16-7-3-1-4-8-16;1-2-20-14(18)10-13(17)8-9-16-15(19)21-11-12-6-4-3-5-7-12/h3-12,15H,2,13-14,16H2,1H3,(H,23,27);1-10,13-14H,11-12,15H2,(H,21,25);3-7H,2,8-11H2,1H3,(H,16,19). The van der Waals surface area contributed by atoms with Crippen molar-refractivity contribution in [2.24, 2.45) is 0 Å². The zero-order chi connectivity index (χ0) is 54.2. The highest BCUT2D eigenvalue weighted by molar-refractivity contribution is 5.95. The quantitative estimate of drug-likeness (QED) is 0.0236. The fraction of sp³-hybridized carbons (Fsp3) is 0.246. The van der Waals surface area contributed by atoms with Crippen molar-refractivity contribution in [3.63, 3.8) is 0 Å². The lowest BCUT2D eigenvalue weighted by atomic mass is 10.2. The average Bonchev–Trinajstić information content (AvgIpc) is 4.07. The average molecular weight is 1040 g/mol. The number of aromatic nitrogens is 4. The van der Waals surface area contributed by atoms with Crippen LogP contribution in [0.15, 0.2) is 164 Å². The van der Waals surface area contributed by atoms with Crippen LogP contribution in [0, 0.1) is 0 Å². The molecule has 396 valence electrons. The molecular formula is C57H61N7O12. The molecule has 3 N–H and O–H groups in total. The number of Topliss-reactive ketones (excluding diaryl/α,β-unsaturated/α-hetero) is 1. The van der Waals surface area contributed by atoms with Gasteiger partial charge in [-0.1, -0.05) is 127 Å².